The number of anilines is 3. The Morgan fingerprint density at radius 3 is 2.56 bits per heavy atom. The first kappa shape index (κ1) is 17.3. The Kier molecular flexibility index (Phi) is 5.53. The quantitative estimate of drug-likeness (QED) is 0.831. The second kappa shape index (κ2) is 8.01. The molecule has 0 radical (unpaired) electrons. The molecule has 1 aromatic heterocycles. The van der Waals surface area contributed by atoms with Gasteiger partial charge in [-0.25, -0.2) is 0 Å². The maximum absolute atomic E-state index is 12.5. The van der Waals surface area contributed by atoms with Crippen LogP contribution in [-0.4, -0.2) is 30.0 Å². The molecule has 1 atom stereocenters. The van der Waals surface area contributed by atoms with Gasteiger partial charge in [0.05, 0.1) is 11.3 Å². The van der Waals surface area contributed by atoms with Crippen molar-refractivity contribution in [3.8, 4) is 0 Å². The maximum Gasteiger partial charge on any atom is 0.257 e. The minimum atomic E-state index is -0.144. The van der Waals surface area contributed by atoms with Gasteiger partial charge < -0.3 is 15.5 Å². The smallest absolute Gasteiger partial charge is 0.257 e. The molecule has 25 heavy (non-hydrogen) atoms. The molecule has 0 saturated carbocycles. The number of nitrogens with one attached hydrogen (secondary N) is 2. The summed E-state index contributed by atoms with van der Waals surface area (Å²) in [6.45, 7) is 6.46. The molecule has 132 valence electrons. The maximum atomic E-state index is 12.5. The van der Waals surface area contributed by atoms with Crippen molar-refractivity contribution in [1.29, 1.82) is 0 Å². The first-order valence-electron chi connectivity index (χ1n) is 9.03. The number of rotatable bonds is 6. The van der Waals surface area contributed by atoms with E-state index in [1.54, 1.807) is 12.4 Å². The minimum absolute atomic E-state index is 0.144. The van der Waals surface area contributed by atoms with E-state index in [1.807, 2.05) is 18.2 Å². The third kappa shape index (κ3) is 4.50. The molecule has 2 aromatic rings. The van der Waals surface area contributed by atoms with Crippen LogP contribution in [0, 0.1) is 0 Å². The summed E-state index contributed by atoms with van der Waals surface area (Å²) in [5, 5.41) is 6.29. The Hall–Kier alpha value is -2.56. The van der Waals surface area contributed by atoms with E-state index in [-0.39, 0.29) is 5.91 Å². The second-order valence-electron chi connectivity index (χ2n) is 6.61. The molecular weight excluding hydrogens is 312 g/mol. The number of amides is 1. The lowest BCUT2D eigenvalue weighted by Gasteiger charge is -2.18. The summed E-state index contributed by atoms with van der Waals surface area (Å²) in [6.07, 6.45) is 6.86. The molecule has 5 nitrogen and oxygen atoms in total. The van der Waals surface area contributed by atoms with E-state index in [2.05, 4.69) is 46.5 Å². The molecule has 1 aliphatic rings. The van der Waals surface area contributed by atoms with E-state index in [9.17, 15) is 4.79 Å². The highest BCUT2D eigenvalue weighted by atomic mass is 16.1. The molecule has 2 N–H and O–H groups in total. The third-order valence-electron chi connectivity index (χ3n) is 4.62. The average Bonchev–Trinajstić information content (AvgIpc) is 3.17. The van der Waals surface area contributed by atoms with Crippen LogP contribution < -0.4 is 15.5 Å². The average molecular weight is 338 g/mol. The fourth-order valence-electron chi connectivity index (χ4n) is 2.96. The summed E-state index contributed by atoms with van der Waals surface area (Å²) in [5.74, 6) is -0.144. The number of aromatic nitrogens is 1. The zero-order chi connectivity index (χ0) is 17.6. The van der Waals surface area contributed by atoms with Crippen LogP contribution >= 0.6 is 0 Å². The fourth-order valence-corrected chi connectivity index (χ4v) is 2.96. The van der Waals surface area contributed by atoms with Crippen molar-refractivity contribution in [3.05, 3.63) is 48.3 Å². The molecule has 1 aromatic carbocycles. The molecule has 5 heteroatoms. The van der Waals surface area contributed by atoms with Gasteiger partial charge in [-0.15, -0.1) is 0 Å². The van der Waals surface area contributed by atoms with Crippen LogP contribution in [0.2, 0.25) is 0 Å². The first-order chi connectivity index (χ1) is 12.2. The molecule has 2 heterocycles. The van der Waals surface area contributed by atoms with Crippen molar-refractivity contribution in [1.82, 2.24) is 4.98 Å². The summed E-state index contributed by atoms with van der Waals surface area (Å²) in [6, 6.07) is 10.2. The second-order valence-corrected chi connectivity index (χ2v) is 6.61. The van der Waals surface area contributed by atoms with Gasteiger partial charge in [0.2, 0.25) is 0 Å². The SMILES string of the molecule is CCC(C)Nc1cncc(C(=O)Nc2ccc(N3CCCC3)cc2)c1. The highest BCUT2D eigenvalue weighted by molar-refractivity contribution is 6.04. The monoisotopic (exact) mass is 338 g/mol. The van der Waals surface area contributed by atoms with Gasteiger partial charge in [-0.1, -0.05) is 6.92 Å². The van der Waals surface area contributed by atoms with Gasteiger partial charge in [-0.05, 0) is 56.5 Å². The van der Waals surface area contributed by atoms with Crippen molar-refractivity contribution >= 4 is 23.0 Å². The molecule has 0 spiro atoms. The molecule has 1 saturated heterocycles. The van der Waals surface area contributed by atoms with E-state index in [0.29, 0.717) is 11.6 Å². The normalized spacial score (nSPS) is 15.0. The Balaban J connectivity index is 1.64. The van der Waals surface area contributed by atoms with Crippen molar-refractivity contribution in [2.45, 2.75) is 39.2 Å². The van der Waals surface area contributed by atoms with Gasteiger partial charge in [0.1, 0.15) is 0 Å². The van der Waals surface area contributed by atoms with E-state index >= 15 is 0 Å². The van der Waals surface area contributed by atoms with Gasteiger partial charge in [0.25, 0.3) is 5.91 Å². The summed E-state index contributed by atoms with van der Waals surface area (Å²) in [7, 11) is 0. The van der Waals surface area contributed by atoms with Gasteiger partial charge in [-0.2, -0.15) is 0 Å². The minimum Gasteiger partial charge on any atom is -0.381 e. The third-order valence-corrected chi connectivity index (χ3v) is 4.62. The number of hydrogen-bond donors (Lipinski definition) is 2. The summed E-state index contributed by atoms with van der Waals surface area (Å²) in [5.41, 5.74) is 3.44. The van der Waals surface area contributed by atoms with Crippen molar-refractivity contribution < 1.29 is 4.79 Å². The number of benzene rings is 1. The molecule has 3 rings (SSSR count). The lowest BCUT2D eigenvalue weighted by molar-refractivity contribution is 0.102. The summed E-state index contributed by atoms with van der Waals surface area (Å²) >= 11 is 0. The van der Waals surface area contributed by atoms with Gasteiger partial charge in [0, 0.05) is 42.9 Å². The zero-order valence-electron chi connectivity index (χ0n) is 15.0. The predicted octanol–water partition coefficient (Wildman–Crippen LogP) is 4.14. The van der Waals surface area contributed by atoms with Crippen LogP contribution in [0.4, 0.5) is 17.1 Å². The molecule has 1 amide bonds. The number of carbonyl (C=O) groups excluding carboxylic acids is 1. The van der Waals surface area contributed by atoms with Gasteiger partial charge in [-0.3, -0.25) is 9.78 Å². The Morgan fingerprint density at radius 2 is 1.88 bits per heavy atom. The van der Waals surface area contributed by atoms with E-state index in [0.717, 1.165) is 30.9 Å². The van der Waals surface area contributed by atoms with E-state index in [1.165, 1.54) is 18.5 Å². The van der Waals surface area contributed by atoms with E-state index < -0.39 is 0 Å². The largest absolute Gasteiger partial charge is 0.381 e. The number of carbonyl (C=O) groups is 1. The molecule has 0 bridgehead atoms. The molecule has 1 unspecified atom stereocenters. The van der Waals surface area contributed by atoms with Crippen LogP contribution in [-0.2, 0) is 0 Å². The number of nitrogens with zero attached hydrogens (tertiary/aromatic N) is 2. The van der Waals surface area contributed by atoms with Crippen LogP contribution in [0.1, 0.15) is 43.5 Å². The summed E-state index contributed by atoms with van der Waals surface area (Å²) in [4.78, 5) is 19.0. The molecule has 0 aliphatic carbocycles. The Labute approximate surface area is 149 Å². The van der Waals surface area contributed by atoms with Gasteiger partial charge >= 0.3 is 0 Å². The first-order valence-corrected chi connectivity index (χ1v) is 9.03. The van der Waals surface area contributed by atoms with Crippen LogP contribution in [0.3, 0.4) is 0 Å². The van der Waals surface area contributed by atoms with Crippen LogP contribution in [0.15, 0.2) is 42.7 Å². The Morgan fingerprint density at radius 1 is 1.16 bits per heavy atom. The highest BCUT2D eigenvalue weighted by Gasteiger charge is 2.13. The van der Waals surface area contributed by atoms with Crippen molar-refractivity contribution in [3.63, 3.8) is 0 Å². The molecular formula is C20H26N4O. The van der Waals surface area contributed by atoms with E-state index in [4.69, 9.17) is 0 Å². The fraction of sp³-hybridized carbons (Fsp3) is 0.400. The topological polar surface area (TPSA) is 57.3 Å². The lowest BCUT2D eigenvalue weighted by atomic mass is 10.2. The van der Waals surface area contributed by atoms with Crippen molar-refractivity contribution in [2.75, 3.05) is 28.6 Å². The standard InChI is InChI=1S/C20H26N4O/c1-3-15(2)22-18-12-16(13-21-14-18)20(25)23-17-6-8-19(9-7-17)24-10-4-5-11-24/h6-9,12-15,22H,3-5,10-11H2,1-2H3,(H,23,25). The highest BCUT2D eigenvalue weighted by Crippen LogP contribution is 2.22. The van der Waals surface area contributed by atoms with Crippen molar-refractivity contribution in [2.24, 2.45) is 0 Å². The summed E-state index contributed by atoms with van der Waals surface area (Å²) < 4.78 is 0. The van der Waals surface area contributed by atoms with Crippen LogP contribution in [0.5, 0.6) is 0 Å². The number of hydrogen-bond acceptors (Lipinski definition) is 4. The molecule has 1 aliphatic heterocycles. The number of pyridine rings is 1. The molecule has 1 fully saturated rings. The predicted molar refractivity (Wildman–Crippen MR) is 103 cm³/mol. The lowest BCUT2D eigenvalue weighted by Crippen LogP contribution is -2.18. The van der Waals surface area contributed by atoms with Gasteiger partial charge in [0.15, 0.2) is 0 Å². The Bertz CT molecular complexity index is 708. The van der Waals surface area contributed by atoms with Crippen LogP contribution in [0.25, 0.3) is 0 Å². The zero-order valence-corrected chi connectivity index (χ0v) is 15.0.